The van der Waals surface area contributed by atoms with Gasteiger partial charge in [-0.15, -0.1) is 6.42 Å². The normalized spacial score (nSPS) is 11.3. The van der Waals surface area contributed by atoms with E-state index in [4.69, 9.17) is 22.8 Å². The molecule has 8 heteroatoms. The first-order valence-corrected chi connectivity index (χ1v) is 8.08. The lowest BCUT2D eigenvalue weighted by atomic mass is 10.1. The quantitative estimate of drug-likeness (QED) is 0.437. The highest BCUT2D eigenvalue weighted by atomic mass is 35.5. The van der Waals surface area contributed by atoms with Crippen LogP contribution in [0, 0.1) is 23.7 Å². The van der Waals surface area contributed by atoms with Gasteiger partial charge in [-0.25, -0.2) is 0 Å². The van der Waals surface area contributed by atoms with Crippen molar-refractivity contribution < 1.29 is 22.7 Å². The summed E-state index contributed by atoms with van der Waals surface area (Å²) in [6, 6.07) is 10.3. The van der Waals surface area contributed by atoms with E-state index in [1.54, 1.807) is 12.1 Å². The van der Waals surface area contributed by atoms with Gasteiger partial charge in [0.15, 0.2) is 0 Å². The van der Waals surface area contributed by atoms with Gasteiger partial charge in [-0.2, -0.15) is 18.4 Å². The van der Waals surface area contributed by atoms with Gasteiger partial charge in [-0.05, 0) is 42.0 Å². The topological polar surface area (TPSA) is 62.1 Å². The third-order valence-electron chi connectivity index (χ3n) is 3.39. The van der Waals surface area contributed by atoms with E-state index >= 15 is 0 Å². The van der Waals surface area contributed by atoms with Crippen LogP contribution in [-0.4, -0.2) is 12.5 Å². The molecule has 2 aromatic rings. The number of benzene rings is 2. The minimum atomic E-state index is -4.55. The van der Waals surface area contributed by atoms with Gasteiger partial charge in [0.25, 0.3) is 5.91 Å². The van der Waals surface area contributed by atoms with Crippen molar-refractivity contribution in [3.63, 3.8) is 0 Å². The monoisotopic (exact) mass is 404 g/mol. The van der Waals surface area contributed by atoms with Crippen molar-refractivity contribution in [2.75, 3.05) is 11.9 Å². The molecule has 0 unspecified atom stereocenters. The second kappa shape index (κ2) is 8.98. The van der Waals surface area contributed by atoms with E-state index in [9.17, 15) is 23.2 Å². The number of nitrogens with one attached hydrogen (secondary N) is 1. The molecule has 2 aromatic carbocycles. The second-order valence-electron chi connectivity index (χ2n) is 5.39. The van der Waals surface area contributed by atoms with Gasteiger partial charge in [0.05, 0.1) is 10.6 Å². The van der Waals surface area contributed by atoms with Crippen molar-refractivity contribution in [1.29, 1.82) is 5.26 Å². The molecule has 1 N–H and O–H groups in total. The van der Waals surface area contributed by atoms with Crippen LogP contribution in [0.2, 0.25) is 5.02 Å². The number of rotatable bonds is 5. The number of amides is 1. The number of alkyl halides is 3. The minimum Gasteiger partial charge on any atom is -0.479 e. The summed E-state index contributed by atoms with van der Waals surface area (Å²) in [5.41, 5.74) is -0.890. The third-order valence-corrected chi connectivity index (χ3v) is 3.69. The first kappa shape index (κ1) is 20.9. The Bertz CT molecular complexity index is 1000. The van der Waals surface area contributed by atoms with Gasteiger partial charge in [0.1, 0.15) is 24.0 Å². The summed E-state index contributed by atoms with van der Waals surface area (Å²) < 4.78 is 43.5. The number of halogens is 4. The summed E-state index contributed by atoms with van der Waals surface area (Å²) in [6.45, 7) is 0.0255. The van der Waals surface area contributed by atoms with Crippen LogP contribution in [0.1, 0.15) is 11.1 Å². The minimum absolute atomic E-state index is 0.0255. The van der Waals surface area contributed by atoms with Crippen molar-refractivity contribution in [1.82, 2.24) is 0 Å². The zero-order valence-corrected chi connectivity index (χ0v) is 14.9. The number of ether oxygens (including phenoxy) is 1. The molecule has 0 bridgehead atoms. The Morgan fingerprint density at radius 3 is 2.64 bits per heavy atom. The maximum absolute atomic E-state index is 12.8. The number of terminal acetylenes is 1. The van der Waals surface area contributed by atoms with Gasteiger partial charge in [0.2, 0.25) is 0 Å². The Labute approximate surface area is 164 Å². The van der Waals surface area contributed by atoms with Crippen LogP contribution in [0.15, 0.2) is 48.0 Å². The molecule has 0 heterocycles. The van der Waals surface area contributed by atoms with E-state index in [1.807, 2.05) is 0 Å². The van der Waals surface area contributed by atoms with E-state index in [0.29, 0.717) is 11.3 Å². The Morgan fingerprint density at radius 2 is 2.04 bits per heavy atom. The molecular formula is C20H12ClF3N2O2. The largest absolute Gasteiger partial charge is 0.479 e. The zero-order chi connectivity index (χ0) is 20.7. The number of hydrogen-bond donors (Lipinski definition) is 1. The maximum atomic E-state index is 12.8. The molecule has 1 amide bonds. The fraction of sp³-hybridized carbons (Fsp3) is 0.100. The average Bonchev–Trinajstić information content (AvgIpc) is 2.65. The molecule has 28 heavy (non-hydrogen) atoms. The van der Waals surface area contributed by atoms with Crippen LogP contribution in [0.4, 0.5) is 18.9 Å². The smallest absolute Gasteiger partial charge is 0.416 e. The maximum Gasteiger partial charge on any atom is 0.416 e. The third kappa shape index (κ3) is 5.54. The van der Waals surface area contributed by atoms with Crippen molar-refractivity contribution in [2.45, 2.75) is 6.18 Å². The highest BCUT2D eigenvalue weighted by Crippen LogP contribution is 2.31. The molecule has 0 saturated carbocycles. The van der Waals surface area contributed by atoms with Crippen LogP contribution in [0.3, 0.4) is 0 Å². The fourth-order valence-electron chi connectivity index (χ4n) is 2.13. The standard InChI is InChI=1S/C20H12ClF3N2O2/c1-2-8-28-18-7-6-13(10-17(18)21)9-14(12-25)19(27)26-16-5-3-4-15(11-16)20(22,23)24/h1,3-7,9-11H,8H2,(H,26,27)/b14-9+. The Balaban J connectivity index is 2.21. The van der Waals surface area contributed by atoms with E-state index < -0.39 is 17.6 Å². The molecule has 2 rings (SSSR count). The average molecular weight is 405 g/mol. The molecular weight excluding hydrogens is 393 g/mol. The predicted octanol–water partition coefficient (Wildman–Crippen LogP) is 4.92. The Morgan fingerprint density at radius 1 is 1.29 bits per heavy atom. The second-order valence-corrected chi connectivity index (χ2v) is 5.79. The number of carbonyl (C=O) groups excluding carboxylic acids is 1. The number of nitriles is 1. The molecule has 4 nitrogen and oxygen atoms in total. The van der Waals surface area contributed by atoms with E-state index in [-0.39, 0.29) is 22.9 Å². The lowest BCUT2D eigenvalue weighted by molar-refractivity contribution is -0.137. The highest BCUT2D eigenvalue weighted by Gasteiger charge is 2.30. The lowest BCUT2D eigenvalue weighted by Gasteiger charge is -2.09. The molecule has 0 aliphatic rings. The highest BCUT2D eigenvalue weighted by molar-refractivity contribution is 6.32. The lowest BCUT2D eigenvalue weighted by Crippen LogP contribution is -2.14. The molecule has 0 aromatic heterocycles. The molecule has 0 saturated heterocycles. The molecule has 0 radical (unpaired) electrons. The number of hydrogen-bond acceptors (Lipinski definition) is 3. The van der Waals surface area contributed by atoms with Crippen molar-refractivity contribution >= 4 is 29.3 Å². The molecule has 0 aliphatic carbocycles. The van der Waals surface area contributed by atoms with Crippen LogP contribution >= 0.6 is 11.6 Å². The van der Waals surface area contributed by atoms with Crippen molar-refractivity contribution in [2.24, 2.45) is 0 Å². The van der Waals surface area contributed by atoms with E-state index in [0.717, 1.165) is 18.2 Å². The first-order chi connectivity index (χ1) is 13.2. The first-order valence-electron chi connectivity index (χ1n) is 7.71. The molecule has 0 fully saturated rings. The molecule has 142 valence electrons. The van der Waals surface area contributed by atoms with Crippen molar-refractivity contribution in [3.8, 4) is 24.2 Å². The summed E-state index contributed by atoms with van der Waals surface area (Å²) in [5, 5.41) is 11.7. The van der Waals surface area contributed by atoms with Crippen LogP contribution in [0.5, 0.6) is 5.75 Å². The fourth-order valence-corrected chi connectivity index (χ4v) is 2.37. The summed E-state index contributed by atoms with van der Waals surface area (Å²) >= 11 is 6.05. The number of carbonyl (C=O) groups is 1. The Kier molecular flexibility index (Phi) is 6.70. The Hall–Kier alpha value is -3.42. The number of anilines is 1. The SMILES string of the molecule is C#CCOc1ccc(/C=C(\C#N)C(=O)Nc2cccc(C(F)(F)F)c2)cc1Cl. The molecule has 0 spiro atoms. The summed E-state index contributed by atoms with van der Waals surface area (Å²) in [4.78, 5) is 12.2. The van der Waals surface area contributed by atoms with E-state index in [2.05, 4.69) is 11.2 Å². The summed E-state index contributed by atoms with van der Waals surface area (Å²) in [5.74, 6) is 1.77. The number of nitrogens with zero attached hydrogens (tertiary/aromatic N) is 1. The van der Waals surface area contributed by atoms with Crippen molar-refractivity contribution in [3.05, 3.63) is 64.2 Å². The van der Waals surface area contributed by atoms with Crippen LogP contribution in [0.25, 0.3) is 6.08 Å². The predicted molar refractivity (Wildman–Crippen MR) is 99.4 cm³/mol. The van der Waals surface area contributed by atoms with Gasteiger partial charge in [-0.3, -0.25) is 4.79 Å². The van der Waals surface area contributed by atoms with Gasteiger partial charge in [-0.1, -0.05) is 29.7 Å². The van der Waals surface area contributed by atoms with Gasteiger partial charge < -0.3 is 10.1 Å². The van der Waals surface area contributed by atoms with Crippen LogP contribution in [-0.2, 0) is 11.0 Å². The molecule has 0 atom stereocenters. The van der Waals surface area contributed by atoms with Crippen LogP contribution < -0.4 is 10.1 Å². The summed E-state index contributed by atoms with van der Waals surface area (Å²) in [6.07, 6.45) is 1.80. The van der Waals surface area contributed by atoms with Gasteiger partial charge in [0, 0.05) is 5.69 Å². The summed E-state index contributed by atoms with van der Waals surface area (Å²) in [7, 11) is 0. The molecule has 0 aliphatic heterocycles. The zero-order valence-electron chi connectivity index (χ0n) is 14.2. The van der Waals surface area contributed by atoms with E-state index in [1.165, 1.54) is 24.3 Å². The van der Waals surface area contributed by atoms with Gasteiger partial charge >= 0.3 is 6.18 Å².